The molecular weight excluding hydrogens is 164 g/mol. The fraction of sp³-hybridized carbons (Fsp3) is 0.778. The minimum absolute atomic E-state index is 0.743. The molecule has 0 bridgehead atoms. The van der Waals surface area contributed by atoms with Crippen molar-refractivity contribution in [3.8, 4) is 0 Å². The first-order valence-corrected chi connectivity index (χ1v) is 4.84. The third-order valence-corrected chi connectivity index (χ3v) is 2.72. The first-order valence-electron chi connectivity index (χ1n) is 4.84. The number of fused-ring (bicyclic) bond motifs is 1. The van der Waals surface area contributed by atoms with Crippen LogP contribution in [0, 0.1) is 12.8 Å². The molecule has 2 rings (SSSR count). The summed E-state index contributed by atoms with van der Waals surface area (Å²) in [6, 6.07) is 0. The lowest BCUT2D eigenvalue weighted by Gasteiger charge is -2.23. The van der Waals surface area contributed by atoms with Crippen LogP contribution in [0.3, 0.4) is 0 Å². The molecule has 0 aromatic carbocycles. The normalized spacial score (nSPS) is 21.5. The molecule has 0 radical (unpaired) electrons. The Morgan fingerprint density at radius 3 is 3.15 bits per heavy atom. The van der Waals surface area contributed by atoms with Gasteiger partial charge in [0.15, 0.2) is 0 Å². The summed E-state index contributed by atoms with van der Waals surface area (Å²) in [7, 11) is 2.01. The molecule has 4 nitrogen and oxygen atoms in total. The first kappa shape index (κ1) is 8.69. The van der Waals surface area contributed by atoms with Gasteiger partial charge in [0.1, 0.15) is 11.6 Å². The van der Waals surface area contributed by atoms with Gasteiger partial charge in [0.2, 0.25) is 0 Å². The lowest BCUT2D eigenvalue weighted by molar-refractivity contribution is 0.352. The predicted octanol–water partition coefficient (Wildman–Crippen LogP) is 0.368. The van der Waals surface area contributed by atoms with Crippen molar-refractivity contribution in [2.75, 3.05) is 13.6 Å². The van der Waals surface area contributed by atoms with E-state index in [0.29, 0.717) is 0 Å². The van der Waals surface area contributed by atoms with Gasteiger partial charge in [0, 0.05) is 13.0 Å². The van der Waals surface area contributed by atoms with E-state index in [1.54, 1.807) is 0 Å². The maximum Gasteiger partial charge on any atom is 0.133 e. The summed E-state index contributed by atoms with van der Waals surface area (Å²) >= 11 is 0. The second-order valence-electron chi connectivity index (χ2n) is 3.74. The molecule has 1 aliphatic heterocycles. The zero-order valence-corrected chi connectivity index (χ0v) is 8.25. The van der Waals surface area contributed by atoms with E-state index in [1.807, 2.05) is 14.0 Å². The number of nitrogens with zero attached hydrogens (tertiary/aromatic N) is 3. The van der Waals surface area contributed by atoms with Crippen molar-refractivity contribution < 1.29 is 0 Å². The van der Waals surface area contributed by atoms with Crippen LogP contribution in [0.2, 0.25) is 0 Å². The highest BCUT2D eigenvalue weighted by atomic mass is 15.3. The molecule has 1 N–H and O–H groups in total. The van der Waals surface area contributed by atoms with Crippen LogP contribution in [0.15, 0.2) is 0 Å². The molecule has 1 unspecified atom stereocenters. The molecule has 0 saturated heterocycles. The maximum absolute atomic E-state index is 4.14. The Morgan fingerprint density at radius 2 is 2.38 bits per heavy atom. The van der Waals surface area contributed by atoms with Crippen molar-refractivity contribution in [3.05, 3.63) is 11.6 Å². The number of aryl methyl sites for hydroxylation is 2. The van der Waals surface area contributed by atoms with Crippen molar-refractivity contribution in [3.63, 3.8) is 0 Å². The Balaban J connectivity index is 2.13. The fourth-order valence-electron chi connectivity index (χ4n) is 1.99. The maximum atomic E-state index is 4.14. The minimum Gasteiger partial charge on any atom is -0.319 e. The molecule has 4 heteroatoms. The molecule has 1 atom stereocenters. The van der Waals surface area contributed by atoms with Crippen LogP contribution < -0.4 is 5.32 Å². The summed E-state index contributed by atoms with van der Waals surface area (Å²) in [5, 5.41) is 11.5. The van der Waals surface area contributed by atoms with Gasteiger partial charge >= 0.3 is 0 Å². The average molecular weight is 180 g/mol. The van der Waals surface area contributed by atoms with Crippen molar-refractivity contribution in [1.82, 2.24) is 20.1 Å². The highest BCUT2D eigenvalue weighted by Crippen LogP contribution is 2.18. The van der Waals surface area contributed by atoms with E-state index in [0.717, 1.165) is 37.1 Å². The van der Waals surface area contributed by atoms with Crippen LogP contribution in [-0.2, 0) is 13.0 Å². The standard InChI is InChI=1S/C9H16N4/c1-7-11-12-9-4-3-8(5-10-2)6-13(7)9/h8,10H,3-6H2,1-2H3. The van der Waals surface area contributed by atoms with Crippen molar-refractivity contribution in [2.45, 2.75) is 26.3 Å². The molecular formula is C9H16N4. The monoisotopic (exact) mass is 180 g/mol. The first-order chi connectivity index (χ1) is 6.31. The molecule has 0 saturated carbocycles. The van der Waals surface area contributed by atoms with Crippen LogP contribution in [0.25, 0.3) is 0 Å². The molecule has 13 heavy (non-hydrogen) atoms. The number of rotatable bonds is 2. The Hall–Kier alpha value is -0.900. The van der Waals surface area contributed by atoms with Gasteiger partial charge in [0.05, 0.1) is 0 Å². The molecule has 1 aromatic rings. The van der Waals surface area contributed by atoms with E-state index >= 15 is 0 Å². The quantitative estimate of drug-likeness (QED) is 0.715. The van der Waals surface area contributed by atoms with Crippen molar-refractivity contribution in [2.24, 2.45) is 5.92 Å². The van der Waals surface area contributed by atoms with Gasteiger partial charge < -0.3 is 9.88 Å². The van der Waals surface area contributed by atoms with Gasteiger partial charge in [-0.3, -0.25) is 0 Å². The topological polar surface area (TPSA) is 42.7 Å². The SMILES string of the molecule is CNCC1CCc2nnc(C)n2C1. The number of nitrogens with one attached hydrogen (secondary N) is 1. The Bertz CT molecular complexity index is 292. The summed E-state index contributed by atoms with van der Waals surface area (Å²) in [4.78, 5) is 0. The molecule has 72 valence electrons. The van der Waals surface area contributed by atoms with Crippen molar-refractivity contribution in [1.29, 1.82) is 0 Å². The van der Waals surface area contributed by atoms with E-state index in [4.69, 9.17) is 0 Å². The molecule has 2 heterocycles. The molecule has 0 fully saturated rings. The molecule has 1 aliphatic rings. The highest BCUT2D eigenvalue weighted by Gasteiger charge is 2.20. The molecule has 0 aliphatic carbocycles. The minimum atomic E-state index is 0.743. The third-order valence-electron chi connectivity index (χ3n) is 2.72. The Labute approximate surface area is 78.4 Å². The molecule has 1 aromatic heterocycles. The van der Waals surface area contributed by atoms with Crippen molar-refractivity contribution >= 4 is 0 Å². The van der Waals surface area contributed by atoms with E-state index in [9.17, 15) is 0 Å². The van der Waals surface area contributed by atoms with Crippen LogP contribution in [0.5, 0.6) is 0 Å². The summed E-state index contributed by atoms with van der Waals surface area (Å²) < 4.78 is 2.24. The summed E-state index contributed by atoms with van der Waals surface area (Å²) in [6.45, 7) is 4.20. The van der Waals surface area contributed by atoms with E-state index in [1.165, 1.54) is 6.42 Å². The van der Waals surface area contributed by atoms with Crippen LogP contribution in [0.1, 0.15) is 18.1 Å². The number of hydrogen-bond acceptors (Lipinski definition) is 3. The van der Waals surface area contributed by atoms with Gasteiger partial charge in [-0.25, -0.2) is 0 Å². The molecule has 0 amide bonds. The smallest absolute Gasteiger partial charge is 0.133 e. The van der Waals surface area contributed by atoms with Crippen LogP contribution in [0.4, 0.5) is 0 Å². The fourth-order valence-corrected chi connectivity index (χ4v) is 1.99. The summed E-state index contributed by atoms with van der Waals surface area (Å²) in [6.07, 6.45) is 2.31. The van der Waals surface area contributed by atoms with Gasteiger partial charge in [0.25, 0.3) is 0 Å². The summed E-state index contributed by atoms with van der Waals surface area (Å²) in [5.74, 6) is 2.95. The number of aromatic nitrogens is 3. The molecule has 0 spiro atoms. The second-order valence-corrected chi connectivity index (χ2v) is 3.74. The van der Waals surface area contributed by atoms with E-state index < -0.39 is 0 Å². The average Bonchev–Trinajstić information content (AvgIpc) is 2.49. The predicted molar refractivity (Wildman–Crippen MR) is 50.5 cm³/mol. The third kappa shape index (κ3) is 1.58. The van der Waals surface area contributed by atoms with Gasteiger partial charge in [-0.15, -0.1) is 10.2 Å². The zero-order valence-electron chi connectivity index (χ0n) is 8.25. The zero-order chi connectivity index (χ0) is 9.26. The van der Waals surface area contributed by atoms with Gasteiger partial charge in [-0.1, -0.05) is 0 Å². The highest BCUT2D eigenvalue weighted by molar-refractivity contribution is 4.98. The summed E-state index contributed by atoms with van der Waals surface area (Å²) in [5.41, 5.74) is 0. The lowest BCUT2D eigenvalue weighted by atomic mass is 9.99. The van der Waals surface area contributed by atoms with Gasteiger partial charge in [-0.05, 0) is 32.9 Å². The Kier molecular flexibility index (Phi) is 2.31. The van der Waals surface area contributed by atoms with Gasteiger partial charge in [-0.2, -0.15) is 0 Å². The second kappa shape index (κ2) is 3.46. The lowest BCUT2D eigenvalue weighted by Crippen LogP contribution is -2.28. The largest absolute Gasteiger partial charge is 0.319 e. The van der Waals surface area contributed by atoms with Crippen LogP contribution in [-0.4, -0.2) is 28.4 Å². The van der Waals surface area contributed by atoms with E-state index in [2.05, 4.69) is 20.1 Å². The number of hydrogen-bond donors (Lipinski definition) is 1. The Morgan fingerprint density at radius 1 is 1.54 bits per heavy atom. The van der Waals surface area contributed by atoms with Crippen LogP contribution >= 0.6 is 0 Å². The van der Waals surface area contributed by atoms with E-state index in [-0.39, 0.29) is 0 Å².